The van der Waals surface area contributed by atoms with Crippen LogP contribution in [0, 0.1) is 10.1 Å². The van der Waals surface area contributed by atoms with Gasteiger partial charge >= 0.3 is 5.97 Å². The van der Waals surface area contributed by atoms with E-state index in [4.69, 9.17) is 4.74 Å². The Morgan fingerprint density at radius 2 is 1.76 bits per heavy atom. The lowest BCUT2D eigenvalue weighted by molar-refractivity contribution is -0.384. The Labute approximate surface area is 169 Å². The maximum absolute atomic E-state index is 12.2. The van der Waals surface area contributed by atoms with Gasteiger partial charge in [-0.2, -0.15) is 0 Å². The number of hydrogen-bond acceptors (Lipinski definition) is 5. The number of non-ortho nitro benzene ring substituents is 1. The Hall–Kier alpha value is -3.48. The second-order valence-corrected chi connectivity index (χ2v) is 6.70. The lowest BCUT2D eigenvalue weighted by Gasteiger charge is -2.17. The molecule has 2 rings (SSSR count). The molecular formula is C22H24N2O5. The van der Waals surface area contributed by atoms with Crippen LogP contribution >= 0.6 is 0 Å². The average molecular weight is 396 g/mol. The minimum atomic E-state index is -0.928. The summed E-state index contributed by atoms with van der Waals surface area (Å²) in [7, 11) is 0. The van der Waals surface area contributed by atoms with Crippen molar-refractivity contribution in [2.45, 2.75) is 38.8 Å². The van der Waals surface area contributed by atoms with E-state index >= 15 is 0 Å². The third-order valence-electron chi connectivity index (χ3n) is 4.28. The molecule has 0 aliphatic rings. The molecule has 0 saturated heterocycles. The summed E-state index contributed by atoms with van der Waals surface area (Å²) in [6.07, 6.45) is 3.34. The van der Waals surface area contributed by atoms with E-state index in [1.54, 1.807) is 0 Å². The van der Waals surface area contributed by atoms with Gasteiger partial charge in [-0.25, -0.2) is 4.79 Å². The predicted molar refractivity (Wildman–Crippen MR) is 110 cm³/mol. The molecule has 2 aromatic carbocycles. The number of nitro groups is 1. The zero-order valence-electron chi connectivity index (χ0n) is 16.4. The standard InChI is InChI=1S/C22H24N2O5/c1-16(8-9-18-6-4-3-5-7-18)23-22(26)17(2)29-21(25)15-12-19-10-13-20(14-11-19)24(27)28/h3-7,10-17H,8-9H2,1-2H3,(H,23,26)/b15-12+/t16-,17+/m0/s1. The summed E-state index contributed by atoms with van der Waals surface area (Å²) in [6, 6.07) is 15.7. The van der Waals surface area contributed by atoms with Crippen molar-refractivity contribution in [3.8, 4) is 0 Å². The van der Waals surface area contributed by atoms with E-state index in [1.165, 1.54) is 48.9 Å². The highest BCUT2D eigenvalue weighted by Gasteiger charge is 2.18. The van der Waals surface area contributed by atoms with E-state index in [2.05, 4.69) is 5.32 Å². The molecule has 0 aliphatic carbocycles. The molecule has 0 heterocycles. The topological polar surface area (TPSA) is 98.5 Å². The summed E-state index contributed by atoms with van der Waals surface area (Å²) in [5.74, 6) is -1.02. The highest BCUT2D eigenvalue weighted by atomic mass is 16.6. The van der Waals surface area contributed by atoms with Gasteiger partial charge in [-0.3, -0.25) is 14.9 Å². The van der Waals surface area contributed by atoms with Gasteiger partial charge in [0.2, 0.25) is 0 Å². The van der Waals surface area contributed by atoms with E-state index in [-0.39, 0.29) is 17.6 Å². The quantitative estimate of drug-likeness (QED) is 0.302. The summed E-state index contributed by atoms with van der Waals surface area (Å²) in [5.41, 5.74) is 1.78. The first kappa shape index (κ1) is 21.8. The van der Waals surface area contributed by atoms with Gasteiger partial charge in [0.15, 0.2) is 6.10 Å². The number of carbonyl (C=O) groups is 2. The Balaban J connectivity index is 1.77. The summed E-state index contributed by atoms with van der Waals surface area (Å²) in [5, 5.41) is 13.5. The summed E-state index contributed by atoms with van der Waals surface area (Å²) in [4.78, 5) is 34.2. The minimum Gasteiger partial charge on any atom is -0.449 e. The Morgan fingerprint density at radius 1 is 1.10 bits per heavy atom. The van der Waals surface area contributed by atoms with Crippen molar-refractivity contribution < 1.29 is 19.2 Å². The van der Waals surface area contributed by atoms with Crippen LogP contribution in [0.1, 0.15) is 31.4 Å². The van der Waals surface area contributed by atoms with Gasteiger partial charge < -0.3 is 10.1 Å². The van der Waals surface area contributed by atoms with E-state index in [1.807, 2.05) is 37.3 Å². The Bertz CT molecular complexity index is 863. The number of nitro benzene ring substituents is 1. The van der Waals surface area contributed by atoms with Crippen LogP contribution in [-0.2, 0) is 20.7 Å². The monoisotopic (exact) mass is 396 g/mol. The third-order valence-corrected chi connectivity index (χ3v) is 4.28. The minimum absolute atomic E-state index is 0.0311. The maximum atomic E-state index is 12.2. The van der Waals surface area contributed by atoms with Gasteiger partial charge in [-0.15, -0.1) is 0 Å². The Morgan fingerprint density at radius 3 is 2.38 bits per heavy atom. The van der Waals surface area contributed by atoms with Crippen LogP contribution in [0.3, 0.4) is 0 Å². The van der Waals surface area contributed by atoms with Crippen LogP contribution in [-0.4, -0.2) is 28.9 Å². The highest BCUT2D eigenvalue weighted by Crippen LogP contribution is 2.13. The van der Waals surface area contributed by atoms with Gasteiger partial charge in [0.1, 0.15) is 0 Å². The molecule has 0 bridgehead atoms. The largest absolute Gasteiger partial charge is 0.449 e. The molecule has 0 aromatic heterocycles. The lowest BCUT2D eigenvalue weighted by atomic mass is 10.1. The van der Waals surface area contributed by atoms with E-state index in [0.29, 0.717) is 5.56 Å². The Kier molecular flexibility index (Phi) is 8.09. The molecule has 7 nitrogen and oxygen atoms in total. The maximum Gasteiger partial charge on any atom is 0.331 e. The number of carbonyl (C=O) groups excluding carboxylic acids is 2. The molecule has 0 spiro atoms. The molecule has 29 heavy (non-hydrogen) atoms. The van der Waals surface area contributed by atoms with E-state index in [0.717, 1.165) is 12.8 Å². The number of amides is 1. The molecule has 0 unspecified atom stereocenters. The molecule has 0 fully saturated rings. The number of rotatable bonds is 9. The molecule has 2 atom stereocenters. The fourth-order valence-electron chi connectivity index (χ4n) is 2.60. The first-order valence-electron chi connectivity index (χ1n) is 9.32. The van der Waals surface area contributed by atoms with Gasteiger partial charge in [0.05, 0.1) is 4.92 Å². The van der Waals surface area contributed by atoms with Crippen LogP contribution in [0.15, 0.2) is 60.7 Å². The average Bonchev–Trinajstić information content (AvgIpc) is 2.71. The van der Waals surface area contributed by atoms with Crippen LogP contribution in [0.4, 0.5) is 5.69 Å². The van der Waals surface area contributed by atoms with Crippen molar-refractivity contribution in [3.05, 3.63) is 81.9 Å². The zero-order chi connectivity index (χ0) is 21.2. The summed E-state index contributed by atoms with van der Waals surface area (Å²) < 4.78 is 5.11. The lowest BCUT2D eigenvalue weighted by Crippen LogP contribution is -2.40. The van der Waals surface area contributed by atoms with Crippen LogP contribution in [0.2, 0.25) is 0 Å². The normalized spacial score (nSPS) is 12.9. The molecule has 7 heteroatoms. The van der Waals surface area contributed by atoms with Crippen molar-refractivity contribution in [2.24, 2.45) is 0 Å². The number of nitrogens with zero attached hydrogens (tertiary/aromatic N) is 1. The van der Waals surface area contributed by atoms with Crippen molar-refractivity contribution in [2.75, 3.05) is 0 Å². The first-order valence-corrected chi connectivity index (χ1v) is 9.32. The molecule has 0 saturated carbocycles. The molecule has 152 valence electrons. The molecule has 1 amide bonds. The number of esters is 1. The summed E-state index contributed by atoms with van der Waals surface area (Å²) in [6.45, 7) is 3.42. The summed E-state index contributed by atoms with van der Waals surface area (Å²) >= 11 is 0. The highest BCUT2D eigenvalue weighted by molar-refractivity contribution is 5.90. The number of hydrogen-bond donors (Lipinski definition) is 1. The van der Waals surface area contributed by atoms with E-state index < -0.39 is 17.0 Å². The smallest absolute Gasteiger partial charge is 0.331 e. The fourth-order valence-corrected chi connectivity index (χ4v) is 2.60. The van der Waals surface area contributed by atoms with Gasteiger partial charge in [-0.1, -0.05) is 30.3 Å². The molecule has 1 N–H and O–H groups in total. The van der Waals surface area contributed by atoms with Crippen LogP contribution < -0.4 is 5.32 Å². The van der Waals surface area contributed by atoms with Crippen LogP contribution in [0.5, 0.6) is 0 Å². The van der Waals surface area contributed by atoms with Crippen molar-refractivity contribution >= 4 is 23.6 Å². The van der Waals surface area contributed by atoms with Gasteiger partial charge in [0.25, 0.3) is 11.6 Å². The van der Waals surface area contributed by atoms with E-state index in [9.17, 15) is 19.7 Å². The second-order valence-electron chi connectivity index (χ2n) is 6.70. The molecule has 2 aromatic rings. The third kappa shape index (κ3) is 7.57. The number of ether oxygens (including phenoxy) is 1. The number of benzene rings is 2. The number of nitrogens with one attached hydrogen (secondary N) is 1. The predicted octanol–water partition coefficient (Wildman–Crippen LogP) is 3.68. The van der Waals surface area contributed by atoms with Crippen LogP contribution in [0.25, 0.3) is 6.08 Å². The van der Waals surface area contributed by atoms with Crippen molar-refractivity contribution in [3.63, 3.8) is 0 Å². The molecule has 0 radical (unpaired) electrons. The van der Waals surface area contributed by atoms with Crippen molar-refractivity contribution in [1.29, 1.82) is 0 Å². The zero-order valence-corrected chi connectivity index (χ0v) is 16.4. The second kappa shape index (κ2) is 10.8. The molecule has 0 aliphatic heterocycles. The van der Waals surface area contributed by atoms with Gasteiger partial charge in [-0.05, 0) is 56.0 Å². The first-order chi connectivity index (χ1) is 13.8. The van der Waals surface area contributed by atoms with Crippen molar-refractivity contribution in [1.82, 2.24) is 5.32 Å². The molecular weight excluding hydrogens is 372 g/mol. The SMILES string of the molecule is C[C@@H](CCc1ccccc1)NC(=O)[C@@H](C)OC(=O)/C=C/c1ccc([N+](=O)[O-])cc1. The van der Waals surface area contributed by atoms with Gasteiger partial charge in [0, 0.05) is 24.3 Å². The fraction of sp³-hybridized carbons (Fsp3) is 0.273. The number of aryl methyl sites for hydroxylation is 1.